The highest BCUT2D eigenvalue weighted by Gasteiger charge is 2.44. The highest BCUT2D eigenvalue weighted by atomic mass is 32.2. The van der Waals surface area contributed by atoms with E-state index >= 15 is 0 Å². The normalized spacial score (nSPS) is 30.7. The van der Waals surface area contributed by atoms with Crippen molar-refractivity contribution in [3.05, 3.63) is 33.1 Å². The summed E-state index contributed by atoms with van der Waals surface area (Å²) in [5, 5.41) is 19.2. The van der Waals surface area contributed by atoms with Crippen LogP contribution in [0, 0.1) is 0 Å². The van der Waals surface area contributed by atoms with Gasteiger partial charge < -0.3 is 14.9 Å². The van der Waals surface area contributed by atoms with Crippen LogP contribution in [-0.2, 0) is 4.74 Å². The number of aromatic nitrogens is 2. The third-order valence-corrected chi connectivity index (χ3v) is 4.27. The fraction of sp³-hybridized carbons (Fsp3) is 0.636. The van der Waals surface area contributed by atoms with E-state index in [4.69, 9.17) is 4.74 Å². The Labute approximate surface area is 113 Å². The largest absolute Gasteiger partial charge is 0.394 e. The lowest BCUT2D eigenvalue weighted by Gasteiger charge is -2.18. The molecule has 1 fully saturated rings. The molecule has 106 valence electrons. The minimum absolute atomic E-state index is 0.233. The molecule has 1 aliphatic rings. The molecule has 0 aliphatic carbocycles. The van der Waals surface area contributed by atoms with Gasteiger partial charge in [0.2, 0.25) is 0 Å². The summed E-state index contributed by atoms with van der Waals surface area (Å²) in [4.78, 5) is 24.8. The van der Waals surface area contributed by atoms with Gasteiger partial charge in [0.15, 0.2) is 6.23 Å². The van der Waals surface area contributed by atoms with Crippen molar-refractivity contribution in [2.75, 3.05) is 12.4 Å². The molecule has 1 aromatic rings. The number of aromatic amines is 1. The maximum absolute atomic E-state index is 11.7. The van der Waals surface area contributed by atoms with Crippen LogP contribution in [0.4, 0.5) is 0 Å². The lowest BCUT2D eigenvalue weighted by Crippen LogP contribution is -2.36. The maximum Gasteiger partial charge on any atom is 0.330 e. The van der Waals surface area contributed by atoms with E-state index in [1.54, 1.807) is 0 Å². The van der Waals surface area contributed by atoms with Crippen molar-refractivity contribution in [2.45, 2.75) is 30.6 Å². The molecule has 4 atom stereocenters. The smallest absolute Gasteiger partial charge is 0.330 e. The van der Waals surface area contributed by atoms with Crippen molar-refractivity contribution in [2.24, 2.45) is 0 Å². The molecule has 2 heterocycles. The summed E-state index contributed by atoms with van der Waals surface area (Å²) in [5.74, 6) is 0.759. The third kappa shape index (κ3) is 2.76. The minimum atomic E-state index is -0.925. The Morgan fingerprint density at radius 1 is 1.53 bits per heavy atom. The first-order valence-corrected chi connectivity index (χ1v) is 7.00. The first-order valence-electron chi connectivity index (χ1n) is 5.96. The Bertz CT molecular complexity index is 542. The summed E-state index contributed by atoms with van der Waals surface area (Å²) in [5.41, 5.74) is -1.15. The van der Waals surface area contributed by atoms with Crippen LogP contribution in [0.25, 0.3) is 0 Å². The van der Waals surface area contributed by atoms with Crippen LogP contribution in [0.15, 0.2) is 21.9 Å². The van der Waals surface area contributed by atoms with E-state index < -0.39 is 29.7 Å². The van der Waals surface area contributed by atoms with Crippen LogP contribution >= 0.6 is 11.8 Å². The predicted molar refractivity (Wildman–Crippen MR) is 70.2 cm³/mol. The number of ether oxygens (including phenoxy) is 1. The molecule has 1 aliphatic heterocycles. The fourth-order valence-corrected chi connectivity index (χ4v) is 3.20. The second-order valence-corrected chi connectivity index (χ2v) is 5.63. The van der Waals surface area contributed by atoms with E-state index in [0.717, 1.165) is 10.3 Å². The van der Waals surface area contributed by atoms with Crippen LogP contribution in [0.2, 0.25) is 0 Å². The van der Waals surface area contributed by atoms with Gasteiger partial charge in [0.1, 0.15) is 6.10 Å². The number of nitrogens with one attached hydrogen (secondary N) is 1. The highest BCUT2D eigenvalue weighted by molar-refractivity contribution is 8.00. The molecule has 0 spiro atoms. The Hall–Kier alpha value is -1.09. The van der Waals surface area contributed by atoms with Crippen molar-refractivity contribution in [1.29, 1.82) is 0 Å². The average molecular weight is 288 g/mol. The topological polar surface area (TPSA) is 105 Å². The van der Waals surface area contributed by atoms with Crippen molar-refractivity contribution >= 4 is 11.8 Å². The molecule has 0 unspecified atom stereocenters. The Kier molecular flexibility index (Phi) is 4.46. The highest BCUT2D eigenvalue weighted by Crippen LogP contribution is 2.35. The summed E-state index contributed by atoms with van der Waals surface area (Å²) in [6.45, 7) is 1.70. The number of hydrogen-bond donors (Lipinski definition) is 3. The van der Waals surface area contributed by atoms with Crippen LogP contribution in [-0.4, -0.2) is 49.6 Å². The number of aliphatic hydroxyl groups is 2. The van der Waals surface area contributed by atoms with Crippen molar-refractivity contribution in [3.63, 3.8) is 0 Å². The van der Waals surface area contributed by atoms with Gasteiger partial charge in [-0.15, -0.1) is 0 Å². The monoisotopic (exact) mass is 288 g/mol. The molecule has 0 bridgehead atoms. The predicted octanol–water partition coefficient (Wildman–Crippen LogP) is -1.09. The van der Waals surface area contributed by atoms with Gasteiger partial charge >= 0.3 is 5.69 Å². The Morgan fingerprint density at radius 3 is 2.84 bits per heavy atom. The average Bonchev–Trinajstić information content (AvgIpc) is 2.68. The van der Waals surface area contributed by atoms with E-state index in [1.165, 1.54) is 24.0 Å². The molecule has 19 heavy (non-hydrogen) atoms. The van der Waals surface area contributed by atoms with E-state index in [9.17, 15) is 19.8 Å². The number of H-pyrrole nitrogens is 1. The van der Waals surface area contributed by atoms with Gasteiger partial charge in [0.05, 0.1) is 18.0 Å². The molecule has 0 amide bonds. The summed E-state index contributed by atoms with van der Waals surface area (Å²) in [6.07, 6.45) is -1.08. The van der Waals surface area contributed by atoms with Gasteiger partial charge in [0, 0.05) is 12.3 Å². The lowest BCUT2D eigenvalue weighted by atomic mass is 10.2. The maximum atomic E-state index is 11.7. The van der Waals surface area contributed by atoms with Gasteiger partial charge in [-0.05, 0) is 5.75 Å². The molecule has 8 heteroatoms. The number of aliphatic hydroxyl groups excluding tert-OH is 2. The van der Waals surface area contributed by atoms with Crippen LogP contribution in [0.5, 0.6) is 0 Å². The molecule has 1 saturated heterocycles. The van der Waals surface area contributed by atoms with E-state index in [1.807, 2.05) is 6.92 Å². The van der Waals surface area contributed by atoms with Gasteiger partial charge in [-0.2, -0.15) is 11.8 Å². The molecule has 1 aromatic heterocycles. The lowest BCUT2D eigenvalue weighted by molar-refractivity contribution is -0.0530. The first-order chi connectivity index (χ1) is 9.08. The first kappa shape index (κ1) is 14.3. The zero-order chi connectivity index (χ0) is 14.0. The number of nitrogens with zero attached hydrogens (tertiary/aromatic N) is 1. The van der Waals surface area contributed by atoms with E-state index in [2.05, 4.69) is 4.98 Å². The number of hydrogen-bond acceptors (Lipinski definition) is 6. The molecular weight excluding hydrogens is 272 g/mol. The Morgan fingerprint density at radius 2 is 2.26 bits per heavy atom. The second kappa shape index (κ2) is 5.91. The van der Waals surface area contributed by atoms with Crippen LogP contribution < -0.4 is 11.2 Å². The van der Waals surface area contributed by atoms with Crippen molar-refractivity contribution in [3.8, 4) is 0 Å². The quantitative estimate of drug-likeness (QED) is 0.650. The Balaban J connectivity index is 2.30. The van der Waals surface area contributed by atoms with Gasteiger partial charge in [-0.25, -0.2) is 4.79 Å². The zero-order valence-corrected chi connectivity index (χ0v) is 11.2. The molecule has 0 saturated carbocycles. The van der Waals surface area contributed by atoms with Crippen molar-refractivity contribution in [1.82, 2.24) is 9.55 Å². The molecule has 3 N–H and O–H groups in total. The number of thioether (sulfide) groups is 1. The molecule has 2 rings (SSSR count). The molecular formula is C11H16N2O5S. The summed E-state index contributed by atoms with van der Waals surface area (Å²) in [6, 6.07) is 1.19. The zero-order valence-electron chi connectivity index (χ0n) is 10.4. The molecule has 7 nitrogen and oxygen atoms in total. The van der Waals surface area contributed by atoms with Crippen LogP contribution in [0.3, 0.4) is 0 Å². The molecule has 0 radical (unpaired) electrons. The van der Waals surface area contributed by atoms with Gasteiger partial charge in [-0.1, -0.05) is 6.92 Å². The second-order valence-electron chi connectivity index (χ2n) is 4.18. The van der Waals surface area contributed by atoms with Crippen molar-refractivity contribution < 1.29 is 14.9 Å². The SMILES string of the molecule is CCS[C@@H]1[C@@H](O)[C@H](n2ccc(=O)[nH]c2=O)O[C@@H]1CO. The summed E-state index contributed by atoms with van der Waals surface area (Å²) >= 11 is 1.46. The molecule has 0 aromatic carbocycles. The summed E-state index contributed by atoms with van der Waals surface area (Å²) < 4.78 is 6.64. The van der Waals surface area contributed by atoms with Gasteiger partial charge in [-0.3, -0.25) is 14.3 Å². The third-order valence-electron chi connectivity index (χ3n) is 2.97. The number of rotatable bonds is 4. The summed E-state index contributed by atoms with van der Waals surface area (Å²) in [7, 11) is 0. The van der Waals surface area contributed by atoms with Crippen LogP contribution in [0.1, 0.15) is 13.2 Å². The fourth-order valence-electron chi connectivity index (χ4n) is 2.12. The van der Waals surface area contributed by atoms with E-state index in [-0.39, 0.29) is 11.9 Å². The minimum Gasteiger partial charge on any atom is -0.394 e. The van der Waals surface area contributed by atoms with E-state index in [0.29, 0.717) is 0 Å². The van der Waals surface area contributed by atoms with Gasteiger partial charge in [0.25, 0.3) is 5.56 Å². The standard InChI is InChI=1S/C11H16N2O5S/c1-2-19-9-6(5-14)18-10(8(9)16)13-4-3-7(15)12-11(13)17/h3-4,6,8-10,14,16H,2,5H2,1H3,(H,12,15,17)/t6-,8-,9+,10-/m1/s1.